The number of hydrazone groups is 1. The average Bonchev–Trinajstić information content (AvgIpc) is 2.65. The van der Waals surface area contributed by atoms with Crippen molar-refractivity contribution in [3.05, 3.63) is 64.4 Å². The number of rotatable bonds is 7. The van der Waals surface area contributed by atoms with E-state index < -0.39 is 21.7 Å². The zero-order valence-electron chi connectivity index (χ0n) is 14.8. The van der Waals surface area contributed by atoms with Gasteiger partial charge in [0.2, 0.25) is 10.0 Å². The Morgan fingerprint density at radius 2 is 1.89 bits per heavy atom. The Morgan fingerprint density at radius 1 is 1.22 bits per heavy atom. The van der Waals surface area contributed by atoms with Crippen molar-refractivity contribution in [3.63, 3.8) is 0 Å². The van der Waals surface area contributed by atoms with Gasteiger partial charge in [-0.25, -0.2) is 18.2 Å². The van der Waals surface area contributed by atoms with Crippen LogP contribution in [0.5, 0.6) is 0 Å². The Labute approximate surface area is 162 Å². The lowest BCUT2D eigenvalue weighted by molar-refractivity contribution is 0.0955. The molecule has 0 atom stereocenters. The number of nitrogens with zero attached hydrogens (tertiary/aromatic N) is 2. The second-order valence-corrected chi connectivity index (χ2v) is 7.80. The van der Waals surface area contributed by atoms with Crippen molar-refractivity contribution < 1.29 is 17.6 Å². The van der Waals surface area contributed by atoms with E-state index in [4.69, 9.17) is 11.6 Å². The van der Waals surface area contributed by atoms with Crippen LogP contribution in [0.25, 0.3) is 0 Å². The Hall–Kier alpha value is -2.29. The Morgan fingerprint density at radius 3 is 2.52 bits per heavy atom. The highest BCUT2D eigenvalue weighted by molar-refractivity contribution is 7.89. The SMILES string of the molecule is CCN(CC)S(=O)(=O)c1cccc(C(=O)N/N=C/c2c(F)cccc2Cl)c1. The van der Waals surface area contributed by atoms with Crippen LogP contribution in [-0.2, 0) is 10.0 Å². The van der Waals surface area contributed by atoms with Gasteiger partial charge in [0, 0.05) is 24.2 Å². The molecule has 1 amide bonds. The number of carbonyl (C=O) groups excluding carboxylic acids is 1. The van der Waals surface area contributed by atoms with Gasteiger partial charge in [-0.1, -0.05) is 37.6 Å². The van der Waals surface area contributed by atoms with Gasteiger partial charge in [-0.2, -0.15) is 9.41 Å². The molecule has 0 fully saturated rings. The first-order chi connectivity index (χ1) is 12.8. The zero-order valence-corrected chi connectivity index (χ0v) is 16.4. The fourth-order valence-electron chi connectivity index (χ4n) is 2.36. The number of sulfonamides is 1. The first-order valence-electron chi connectivity index (χ1n) is 8.18. The van der Waals surface area contributed by atoms with Crippen molar-refractivity contribution in [2.75, 3.05) is 13.1 Å². The molecule has 27 heavy (non-hydrogen) atoms. The van der Waals surface area contributed by atoms with E-state index in [2.05, 4.69) is 10.5 Å². The summed E-state index contributed by atoms with van der Waals surface area (Å²) in [7, 11) is -3.68. The quantitative estimate of drug-likeness (QED) is 0.561. The number of amides is 1. The van der Waals surface area contributed by atoms with E-state index in [1.165, 1.54) is 46.8 Å². The molecule has 0 saturated carbocycles. The highest BCUT2D eigenvalue weighted by Crippen LogP contribution is 2.18. The summed E-state index contributed by atoms with van der Waals surface area (Å²) in [6, 6.07) is 9.80. The van der Waals surface area contributed by atoms with Gasteiger partial charge in [-0.3, -0.25) is 4.79 Å². The summed E-state index contributed by atoms with van der Waals surface area (Å²) in [5.41, 5.74) is 2.38. The summed E-state index contributed by atoms with van der Waals surface area (Å²) in [5.74, 6) is -1.21. The molecule has 0 unspecified atom stereocenters. The van der Waals surface area contributed by atoms with Gasteiger partial charge in [0.1, 0.15) is 5.82 Å². The Bertz CT molecular complexity index is 940. The molecule has 2 rings (SSSR count). The minimum atomic E-state index is -3.68. The van der Waals surface area contributed by atoms with Crippen LogP contribution >= 0.6 is 11.6 Å². The van der Waals surface area contributed by atoms with E-state index in [0.717, 1.165) is 6.21 Å². The van der Waals surface area contributed by atoms with Gasteiger partial charge in [-0.15, -0.1) is 0 Å². The van der Waals surface area contributed by atoms with E-state index in [1.54, 1.807) is 13.8 Å². The third-order valence-electron chi connectivity index (χ3n) is 3.80. The van der Waals surface area contributed by atoms with Crippen molar-refractivity contribution in [1.29, 1.82) is 0 Å². The topological polar surface area (TPSA) is 78.8 Å². The van der Waals surface area contributed by atoms with Crippen LogP contribution in [0.4, 0.5) is 4.39 Å². The molecule has 2 aromatic carbocycles. The highest BCUT2D eigenvalue weighted by Gasteiger charge is 2.22. The number of carbonyl (C=O) groups is 1. The molecule has 0 bridgehead atoms. The maximum absolute atomic E-state index is 13.7. The van der Waals surface area contributed by atoms with Crippen LogP contribution in [0.3, 0.4) is 0 Å². The van der Waals surface area contributed by atoms with Crippen molar-refractivity contribution >= 4 is 33.7 Å². The van der Waals surface area contributed by atoms with Crippen LogP contribution in [0.2, 0.25) is 5.02 Å². The summed E-state index contributed by atoms with van der Waals surface area (Å²) >= 11 is 5.87. The van der Waals surface area contributed by atoms with Crippen LogP contribution < -0.4 is 5.43 Å². The van der Waals surface area contributed by atoms with Crippen molar-refractivity contribution in [2.24, 2.45) is 5.10 Å². The maximum atomic E-state index is 13.7. The van der Waals surface area contributed by atoms with Gasteiger partial charge < -0.3 is 0 Å². The van der Waals surface area contributed by atoms with Gasteiger partial charge in [-0.05, 0) is 30.3 Å². The van der Waals surface area contributed by atoms with Crippen LogP contribution in [0.15, 0.2) is 52.5 Å². The fraction of sp³-hybridized carbons (Fsp3) is 0.222. The van der Waals surface area contributed by atoms with Crippen molar-refractivity contribution in [1.82, 2.24) is 9.73 Å². The molecular formula is C18H19ClFN3O3S. The lowest BCUT2D eigenvalue weighted by Crippen LogP contribution is -2.30. The van der Waals surface area contributed by atoms with E-state index in [1.807, 2.05) is 0 Å². The van der Waals surface area contributed by atoms with E-state index >= 15 is 0 Å². The summed E-state index contributed by atoms with van der Waals surface area (Å²) in [4.78, 5) is 12.2. The second-order valence-electron chi connectivity index (χ2n) is 5.45. The van der Waals surface area contributed by atoms with E-state index in [9.17, 15) is 17.6 Å². The van der Waals surface area contributed by atoms with Crippen LogP contribution in [-0.4, -0.2) is 37.9 Å². The summed E-state index contributed by atoms with van der Waals surface area (Å²) in [5, 5.41) is 3.84. The van der Waals surface area contributed by atoms with Crippen molar-refractivity contribution in [3.8, 4) is 0 Å². The summed E-state index contributed by atoms with van der Waals surface area (Å²) in [6.45, 7) is 4.12. The second kappa shape index (κ2) is 9.07. The maximum Gasteiger partial charge on any atom is 0.271 e. The highest BCUT2D eigenvalue weighted by atomic mass is 35.5. The standard InChI is InChI=1S/C18H19ClFN3O3S/c1-3-23(4-2)27(25,26)14-8-5-7-13(11-14)18(24)22-21-12-15-16(19)9-6-10-17(15)20/h5-12H,3-4H2,1-2H3,(H,22,24)/b21-12+. The molecule has 2 aromatic rings. The monoisotopic (exact) mass is 411 g/mol. The van der Waals surface area contributed by atoms with E-state index in [0.29, 0.717) is 13.1 Å². The zero-order chi connectivity index (χ0) is 20.0. The minimum absolute atomic E-state index is 0.0139. The predicted molar refractivity (Wildman–Crippen MR) is 103 cm³/mol. The molecule has 0 spiro atoms. The molecule has 9 heteroatoms. The number of nitrogens with one attached hydrogen (secondary N) is 1. The summed E-state index contributed by atoms with van der Waals surface area (Å²) < 4.78 is 40.1. The number of benzene rings is 2. The molecule has 0 radical (unpaired) electrons. The normalized spacial score (nSPS) is 11.9. The molecule has 1 N–H and O–H groups in total. The molecule has 0 heterocycles. The molecule has 0 aliphatic heterocycles. The Balaban J connectivity index is 2.20. The lowest BCUT2D eigenvalue weighted by atomic mass is 10.2. The average molecular weight is 412 g/mol. The summed E-state index contributed by atoms with van der Waals surface area (Å²) in [6.07, 6.45) is 1.09. The largest absolute Gasteiger partial charge is 0.271 e. The third kappa shape index (κ3) is 4.91. The minimum Gasteiger partial charge on any atom is -0.267 e. The number of hydrogen-bond acceptors (Lipinski definition) is 4. The first-order valence-corrected chi connectivity index (χ1v) is 10.0. The van der Waals surface area contributed by atoms with E-state index in [-0.39, 0.29) is 21.0 Å². The van der Waals surface area contributed by atoms with Gasteiger partial charge in [0.05, 0.1) is 16.1 Å². The molecular weight excluding hydrogens is 393 g/mol. The molecule has 0 aromatic heterocycles. The lowest BCUT2D eigenvalue weighted by Gasteiger charge is -2.18. The fourth-order valence-corrected chi connectivity index (χ4v) is 4.08. The van der Waals surface area contributed by atoms with Gasteiger partial charge in [0.25, 0.3) is 5.91 Å². The first kappa shape index (κ1) is 21.0. The van der Waals surface area contributed by atoms with Crippen LogP contribution in [0, 0.1) is 5.82 Å². The number of halogens is 2. The molecule has 0 saturated heterocycles. The third-order valence-corrected chi connectivity index (χ3v) is 6.17. The molecule has 6 nitrogen and oxygen atoms in total. The Kier molecular flexibility index (Phi) is 7.06. The van der Waals surface area contributed by atoms with Gasteiger partial charge in [0.15, 0.2) is 0 Å². The van der Waals surface area contributed by atoms with Crippen LogP contribution in [0.1, 0.15) is 29.8 Å². The number of hydrogen-bond donors (Lipinski definition) is 1. The van der Waals surface area contributed by atoms with Crippen molar-refractivity contribution in [2.45, 2.75) is 18.7 Å². The van der Waals surface area contributed by atoms with Gasteiger partial charge >= 0.3 is 0 Å². The smallest absolute Gasteiger partial charge is 0.267 e. The predicted octanol–water partition coefficient (Wildman–Crippen LogP) is 3.27. The molecule has 144 valence electrons. The molecule has 0 aliphatic carbocycles. The molecule has 0 aliphatic rings.